The predicted molar refractivity (Wildman–Crippen MR) is 131 cm³/mol. The maximum Gasteiger partial charge on any atom is 0.277 e. The highest BCUT2D eigenvalue weighted by Gasteiger charge is 2.22. The van der Waals surface area contributed by atoms with E-state index in [2.05, 4.69) is 65.1 Å². The second-order valence-electron chi connectivity index (χ2n) is 8.19. The maximum absolute atomic E-state index is 11.8. The van der Waals surface area contributed by atoms with E-state index in [1.165, 1.54) is 27.2 Å². The van der Waals surface area contributed by atoms with Gasteiger partial charge in [0, 0.05) is 27.6 Å². The molecule has 150 valence electrons. The highest BCUT2D eigenvalue weighted by molar-refractivity contribution is 6.30. The summed E-state index contributed by atoms with van der Waals surface area (Å²) in [6, 6.07) is 32.3. The number of para-hydroxylation sites is 3. The summed E-state index contributed by atoms with van der Waals surface area (Å²) in [5.74, 6) is 0. The first-order chi connectivity index (χ1) is 15.7. The van der Waals surface area contributed by atoms with Gasteiger partial charge < -0.3 is 4.40 Å². The van der Waals surface area contributed by atoms with Crippen molar-refractivity contribution in [3.05, 3.63) is 107 Å². The number of nitro groups is 1. The largest absolute Gasteiger partial charge is 0.308 e. The fourth-order valence-corrected chi connectivity index (χ4v) is 5.38. The molecule has 0 aliphatic heterocycles. The summed E-state index contributed by atoms with van der Waals surface area (Å²) in [5.41, 5.74) is 5.16. The summed E-state index contributed by atoms with van der Waals surface area (Å²) < 4.78 is 2.34. The predicted octanol–water partition coefficient (Wildman–Crippen LogP) is 7.57. The van der Waals surface area contributed by atoms with Gasteiger partial charge in [0.15, 0.2) is 0 Å². The van der Waals surface area contributed by atoms with Gasteiger partial charge in [0.05, 0.1) is 27.0 Å². The Bertz CT molecular complexity index is 1860. The molecule has 0 radical (unpaired) electrons. The Kier molecular flexibility index (Phi) is 3.26. The third-order valence-corrected chi connectivity index (χ3v) is 6.62. The first kappa shape index (κ1) is 17.3. The Morgan fingerprint density at radius 2 is 1.31 bits per heavy atom. The van der Waals surface area contributed by atoms with E-state index in [-0.39, 0.29) is 10.6 Å². The molecule has 0 bridgehead atoms. The molecule has 0 spiro atoms. The van der Waals surface area contributed by atoms with Crippen molar-refractivity contribution in [2.24, 2.45) is 0 Å². The van der Waals surface area contributed by atoms with Crippen LogP contribution in [0.1, 0.15) is 0 Å². The monoisotopic (exact) mass is 412 g/mol. The van der Waals surface area contributed by atoms with Crippen molar-refractivity contribution in [2.75, 3.05) is 0 Å². The van der Waals surface area contributed by atoms with Gasteiger partial charge in [-0.15, -0.1) is 0 Å². The molecule has 5 aromatic carbocycles. The molecule has 0 saturated carbocycles. The van der Waals surface area contributed by atoms with Crippen molar-refractivity contribution in [1.29, 1.82) is 0 Å². The van der Waals surface area contributed by atoms with Crippen LogP contribution in [0.2, 0.25) is 0 Å². The highest BCUT2D eigenvalue weighted by Crippen LogP contribution is 2.44. The standard InChI is InChI=1S/C28H16N2O2/c31-30(32)24-14-4-2-8-18(24)20-10-5-7-17-15-16-25-27(26(17)20)22-12-6-11-21-19-9-1-3-13-23(19)29(25)28(21)22/h1-16H. The molecular formula is C28H16N2O2. The second kappa shape index (κ2) is 6.05. The first-order valence-electron chi connectivity index (χ1n) is 10.6. The van der Waals surface area contributed by atoms with E-state index >= 15 is 0 Å². The van der Waals surface area contributed by atoms with Crippen LogP contribution in [0.4, 0.5) is 5.69 Å². The van der Waals surface area contributed by atoms with E-state index < -0.39 is 0 Å². The van der Waals surface area contributed by atoms with Crippen LogP contribution < -0.4 is 0 Å². The zero-order valence-electron chi connectivity index (χ0n) is 16.9. The van der Waals surface area contributed by atoms with Crippen molar-refractivity contribution in [3.63, 3.8) is 0 Å². The fraction of sp³-hybridized carbons (Fsp3) is 0. The number of benzene rings is 5. The minimum absolute atomic E-state index is 0.124. The van der Waals surface area contributed by atoms with E-state index in [1.54, 1.807) is 12.1 Å². The van der Waals surface area contributed by atoms with Crippen molar-refractivity contribution >= 4 is 54.6 Å². The van der Waals surface area contributed by atoms with Gasteiger partial charge in [0.25, 0.3) is 5.69 Å². The molecule has 2 heterocycles. The normalized spacial score (nSPS) is 12.0. The van der Waals surface area contributed by atoms with Gasteiger partial charge in [-0.2, -0.15) is 0 Å². The van der Waals surface area contributed by atoms with E-state index in [4.69, 9.17) is 0 Å². The minimum atomic E-state index is -0.297. The lowest BCUT2D eigenvalue weighted by Gasteiger charge is -2.10. The van der Waals surface area contributed by atoms with Gasteiger partial charge in [0.2, 0.25) is 0 Å². The summed E-state index contributed by atoms with van der Waals surface area (Å²) in [6.07, 6.45) is 0. The molecular weight excluding hydrogens is 396 g/mol. The fourth-order valence-electron chi connectivity index (χ4n) is 5.38. The zero-order chi connectivity index (χ0) is 21.4. The lowest BCUT2D eigenvalue weighted by atomic mass is 9.93. The third-order valence-electron chi connectivity index (χ3n) is 6.62. The van der Waals surface area contributed by atoms with Crippen LogP contribution in [0.15, 0.2) is 97.1 Å². The lowest BCUT2D eigenvalue weighted by Crippen LogP contribution is -1.92. The molecule has 0 aliphatic carbocycles. The maximum atomic E-state index is 11.8. The van der Waals surface area contributed by atoms with E-state index in [1.807, 2.05) is 24.3 Å². The van der Waals surface area contributed by atoms with Gasteiger partial charge in [-0.3, -0.25) is 10.1 Å². The number of nitrogens with zero attached hydrogens (tertiary/aromatic N) is 2. The summed E-state index contributed by atoms with van der Waals surface area (Å²) in [5, 5.41) is 18.7. The van der Waals surface area contributed by atoms with Crippen LogP contribution in [0, 0.1) is 10.1 Å². The first-order valence-corrected chi connectivity index (χ1v) is 10.6. The summed E-state index contributed by atoms with van der Waals surface area (Å²) in [7, 11) is 0. The van der Waals surface area contributed by atoms with E-state index in [0.29, 0.717) is 5.56 Å². The number of nitro benzene ring substituents is 1. The number of hydrogen-bond donors (Lipinski definition) is 0. The van der Waals surface area contributed by atoms with Crippen molar-refractivity contribution in [3.8, 4) is 11.1 Å². The van der Waals surface area contributed by atoms with Crippen LogP contribution in [0.25, 0.3) is 60.0 Å². The molecule has 0 amide bonds. The average molecular weight is 412 g/mol. The Morgan fingerprint density at radius 3 is 2.22 bits per heavy atom. The van der Waals surface area contributed by atoms with Crippen LogP contribution in [0.5, 0.6) is 0 Å². The molecule has 0 aliphatic rings. The molecule has 4 nitrogen and oxygen atoms in total. The Morgan fingerprint density at radius 1 is 0.594 bits per heavy atom. The SMILES string of the molecule is O=[N+]([O-])c1ccccc1-c1cccc2ccc3c(c4cccc5c6ccccc6n3c54)c12. The lowest BCUT2D eigenvalue weighted by molar-refractivity contribution is -0.384. The van der Waals surface area contributed by atoms with Crippen molar-refractivity contribution in [2.45, 2.75) is 0 Å². The van der Waals surface area contributed by atoms with E-state index in [9.17, 15) is 10.1 Å². The Balaban J connectivity index is 1.76. The molecule has 0 unspecified atom stereocenters. The molecule has 32 heavy (non-hydrogen) atoms. The number of fused-ring (bicyclic) bond motifs is 8. The molecule has 0 fully saturated rings. The van der Waals surface area contributed by atoms with Gasteiger partial charge in [0.1, 0.15) is 0 Å². The van der Waals surface area contributed by atoms with Crippen LogP contribution in [0.3, 0.4) is 0 Å². The van der Waals surface area contributed by atoms with Gasteiger partial charge in [-0.05, 0) is 34.5 Å². The Labute approximate surface area is 182 Å². The quantitative estimate of drug-likeness (QED) is 0.217. The Hall–Kier alpha value is -4.44. The number of hydrogen-bond acceptors (Lipinski definition) is 2. The molecule has 0 saturated heterocycles. The van der Waals surface area contributed by atoms with Gasteiger partial charge in [-0.1, -0.05) is 72.8 Å². The second-order valence-corrected chi connectivity index (χ2v) is 8.19. The van der Waals surface area contributed by atoms with Crippen molar-refractivity contribution in [1.82, 2.24) is 4.40 Å². The molecule has 4 heteroatoms. The van der Waals surface area contributed by atoms with Gasteiger partial charge in [-0.25, -0.2) is 0 Å². The topological polar surface area (TPSA) is 47.5 Å². The highest BCUT2D eigenvalue weighted by atomic mass is 16.6. The molecule has 0 N–H and O–H groups in total. The smallest absolute Gasteiger partial charge is 0.277 e. The summed E-state index contributed by atoms with van der Waals surface area (Å²) in [6.45, 7) is 0. The number of rotatable bonds is 2. The van der Waals surface area contributed by atoms with Gasteiger partial charge >= 0.3 is 0 Å². The van der Waals surface area contributed by atoms with Crippen LogP contribution in [-0.4, -0.2) is 9.32 Å². The molecule has 7 aromatic rings. The van der Waals surface area contributed by atoms with E-state index in [0.717, 1.165) is 27.2 Å². The molecule has 7 rings (SSSR count). The average Bonchev–Trinajstić information content (AvgIpc) is 3.36. The third kappa shape index (κ3) is 2.06. The minimum Gasteiger partial charge on any atom is -0.308 e. The van der Waals surface area contributed by atoms with Crippen molar-refractivity contribution < 1.29 is 4.92 Å². The van der Waals surface area contributed by atoms with Crippen LogP contribution >= 0.6 is 0 Å². The molecule has 0 atom stereocenters. The number of aromatic nitrogens is 1. The van der Waals surface area contributed by atoms with Crippen LogP contribution in [-0.2, 0) is 0 Å². The molecule has 2 aromatic heterocycles. The zero-order valence-corrected chi connectivity index (χ0v) is 16.9. The summed E-state index contributed by atoms with van der Waals surface area (Å²) in [4.78, 5) is 11.5. The summed E-state index contributed by atoms with van der Waals surface area (Å²) >= 11 is 0.